The lowest BCUT2D eigenvalue weighted by molar-refractivity contribution is -0.117. The van der Waals surface area contributed by atoms with Crippen LogP contribution in [0.3, 0.4) is 0 Å². The third-order valence-corrected chi connectivity index (χ3v) is 5.57. The molecule has 0 spiro atoms. The van der Waals surface area contributed by atoms with Crippen molar-refractivity contribution >= 4 is 11.7 Å². The van der Waals surface area contributed by atoms with E-state index in [1.165, 1.54) is 5.56 Å². The molecule has 0 saturated carbocycles. The Morgan fingerprint density at radius 3 is 2.90 bits per heavy atom. The molecule has 2 aromatic heterocycles. The molecule has 4 rings (SSSR count). The third-order valence-electron chi connectivity index (χ3n) is 5.57. The number of piperidine rings is 1. The zero-order valence-electron chi connectivity index (χ0n) is 17.8. The Labute approximate surface area is 183 Å². The maximum Gasteiger partial charge on any atom is 0.239 e. The summed E-state index contributed by atoms with van der Waals surface area (Å²) in [5.41, 5.74) is 3.34. The van der Waals surface area contributed by atoms with Crippen molar-refractivity contribution in [3.63, 3.8) is 0 Å². The molecule has 6 heteroatoms. The number of hydrogen-bond acceptors (Lipinski definition) is 5. The van der Waals surface area contributed by atoms with Gasteiger partial charge in [-0.1, -0.05) is 24.3 Å². The normalized spacial score (nSPS) is 16.6. The van der Waals surface area contributed by atoms with Gasteiger partial charge in [-0.3, -0.25) is 14.7 Å². The van der Waals surface area contributed by atoms with Gasteiger partial charge < -0.3 is 10.1 Å². The SMILES string of the molecule is COc1cccc(Cc2cccc(C3CCCN(CC(=O)Nc4ccccn4)C3)n2)c1. The molecule has 1 aromatic carbocycles. The molecule has 1 aliphatic rings. The average Bonchev–Trinajstić information content (AvgIpc) is 2.80. The summed E-state index contributed by atoms with van der Waals surface area (Å²) in [6.45, 7) is 2.14. The maximum absolute atomic E-state index is 12.4. The number of carbonyl (C=O) groups is 1. The standard InChI is InChI=1S/C25H28N4O2/c1-31-22-10-4-7-19(16-22)15-21-9-5-11-23(27-21)20-8-6-14-29(17-20)18-25(30)28-24-12-2-3-13-26-24/h2-5,7,9-13,16,20H,6,8,14-15,17-18H2,1H3,(H,26,28,30). The van der Waals surface area contributed by atoms with E-state index in [0.717, 1.165) is 49.5 Å². The van der Waals surface area contributed by atoms with Crippen LogP contribution < -0.4 is 10.1 Å². The average molecular weight is 417 g/mol. The number of pyridine rings is 2. The molecule has 1 aliphatic heterocycles. The van der Waals surface area contributed by atoms with E-state index in [1.807, 2.05) is 24.3 Å². The fraction of sp³-hybridized carbons (Fsp3) is 0.320. The van der Waals surface area contributed by atoms with Crippen molar-refractivity contribution < 1.29 is 9.53 Å². The molecule has 1 amide bonds. The molecule has 31 heavy (non-hydrogen) atoms. The van der Waals surface area contributed by atoms with E-state index in [2.05, 4.69) is 45.5 Å². The van der Waals surface area contributed by atoms with Crippen molar-refractivity contribution in [1.82, 2.24) is 14.9 Å². The highest BCUT2D eigenvalue weighted by Crippen LogP contribution is 2.26. The molecule has 1 saturated heterocycles. The molecule has 1 unspecified atom stereocenters. The lowest BCUT2D eigenvalue weighted by Crippen LogP contribution is -2.40. The largest absolute Gasteiger partial charge is 0.497 e. The van der Waals surface area contributed by atoms with E-state index in [1.54, 1.807) is 19.4 Å². The van der Waals surface area contributed by atoms with Crippen LogP contribution in [0.5, 0.6) is 5.75 Å². The monoisotopic (exact) mass is 416 g/mol. The summed E-state index contributed by atoms with van der Waals surface area (Å²) < 4.78 is 5.33. The van der Waals surface area contributed by atoms with Crippen molar-refractivity contribution in [3.05, 3.63) is 83.8 Å². The number of likely N-dealkylation sites (tertiary alicyclic amines) is 1. The molecule has 0 bridgehead atoms. The maximum atomic E-state index is 12.4. The predicted molar refractivity (Wildman–Crippen MR) is 121 cm³/mol. The highest BCUT2D eigenvalue weighted by atomic mass is 16.5. The van der Waals surface area contributed by atoms with Gasteiger partial charge in [0.05, 0.1) is 13.7 Å². The van der Waals surface area contributed by atoms with Crippen LogP contribution in [-0.4, -0.2) is 47.5 Å². The molecule has 6 nitrogen and oxygen atoms in total. The van der Waals surface area contributed by atoms with Gasteiger partial charge >= 0.3 is 0 Å². The molecule has 0 aliphatic carbocycles. The first kappa shape index (κ1) is 21.0. The van der Waals surface area contributed by atoms with Crippen LogP contribution in [0.25, 0.3) is 0 Å². The Hall–Kier alpha value is -3.25. The van der Waals surface area contributed by atoms with Gasteiger partial charge in [0.1, 0.15) is 11.6 Å². The first-order valence-electron chi connectivity index (χ1n) is 10.7. The van der Waals surface area contributed by atoms with Crippen molar-refractivity contribution in [2.75, 3.05) is 32.1 Å². The molecular formula is C25H28N4O2. The van der Waals surface area contributed by atoms with E-state index < -0.39 is 0 Å². The van der Waals surface area contributed by atoms with Crippen LogP contribution in [0, 0.1) is 0 Å². The third kappa shape index (κ3) is 5.89. The van der Waals surface area contributed by atoms with Crippen molar-refractivity contribution in [3.8, 4) is 5.75 Å². The number of amides is 1. The molecule has 3 heterocycles. The lowest BCUT2D eigenvalue weighted by atomic mass is 9.94. The van der Waals surface area contributed by atoms with Crippen molar-refractivity contribution in [2.45, 2.75) is 25.2 Å². The second-order valence-corrected chi connectivity index (χ2v) is 7.92. The summed E-state index contributed by atoms with van der Waals surface area (Å²) in [6.07, 6.45) is 4.60. The van der Waals surface area contributed by atoms with E-state index in [-0.39, 0.29) is 5.91 Å². The van der Waals surface area contributed by atoms with E-state index >= 15 is 0 Å². The summed E-state index contributed by atoms with van der Waals surface area (Å²) in [6, 6.07) is 19.9. The number of aromatic nitrogens is 2. The number of methoxy groups -OCH3 is 1. The number of rotatable bonds is 7. The molecule has 3 aromatic rings. The van der Waals surface area contributed by atoms with Gasteiger partial charge in [-0.15, -0.1) is 0 Å². The highest BCUT2D eigenvalue weighted by Gasteiger charge is 2.24. The number of benzene rings is 1. The van der Waals surface area contributed by atoms with Gasteiger partial charge in [0.15, 0.2) is 0 Å². The summed E-state index contributed by atoms with van der Waals surface area (Å²) in [5.74, 6) is 1.76. The summed E-state index contributed by atoms with van der Waals surface area (Å²) >= 11 is 0. The fourth-order valence-corrected chi connectivity index (χ4v) is 4.08. The number of carbonyl (C=O) groups excluding carboxylic acids is 1. The Morgan fingerprint density at radius 1 is 1.16 bits per heavy atom. The lowest BCUT2D eigenvalue weighted by Gasteiger charge is -2.32. The van der Waals surface area contributed by atoms with Crippen LogP contribution in [0.4, 0.5) is 5.82 Å². The first-order chi connectivity index (χ1) is 15.2. The van der Waals surface area contributed by atoms with Gasteiger partial charge in [-0.25, -0.2) is 4.98 Å². The Bertz CT molecular complexity index is 1010. The Balaban J connectivity index is 1.37. The van der Waals surface area contributed by atoms with Crippen molar-refractivity contribution in [2.24, 2.45) is 0 Å². The van der Waals surface area contributed by atoms with Crippen LogP contribution >= 0.6 is 0 Å². The minimum Gasteiger partial charge on any atom is -0.497 e. The molecule has 1 fully saturated rings. The van der Waals surface area contributed by atoms with Crippen LogP contribution in [0.15, 0.2) is 66.9 Å². The highest BCUT2D eigenvalue weighted by molar-refractivity contribution is 5.91. The van der Waals surface area contributed by atoms with Gasteiger partial charge in [0.25, 0.3) is 0 Å². The van der Waals surface area contributed by atoms with Gasteiger partial charge in [-0.2, -0.15) is 0 Å². The minimum atomic E-state index is -0.0286. The summed E-state index contributed by atoms with van der Waals surface area (Å²) in [4.78, 5) is 23.7. The zero-order chi connectivity index (χ0) is 21.5. The first-order valence-corrected chi connectivity index (χ1v) is 10.7. The molecular weight excluding hydrogens is 388 g/mol. The number of nitrogens with one attached hydrogen (secondary N) is 1. The Morgan fingerprint density at radius 2 is 2.06 bits per heavy atom. The number of ether oxygens (including phenoxy) is 1. The molecule has 160 valence electrons. The van der Waals surface area contributed by atoms with Gasteiger partial charge in [0, 0.05) is 36.5 Å². The molecule has 1 atom stereocenters. The zero-order valence-corrected chi connectivity index (χ0v) is 17.8. The molecule has 1 N–H and O–H groups in total. The minimum absolute atomic E-state index is 0.0286. The van der Waals surface area contributed by atoms with Gasteiger partial charge in [-0.05, 0) is 61.3 Å². The predicted octanol–water partition coefficient (Wildman–Crippen LogP) is 3.89. The Kier molecular flexibility index (Phi) is 6.89. The van der Waals surface area contributed by atoms with Crippen LogP contribution in [-0.2, 0) is 11.2 Å². The van der Waals surface area contributed by atoms with E-state index in [9.17, 15) is 4.79 Å². The number of nitrogens with zero attached hydrogens (tertiary/aromatic N) is 3. The van der Waals surface area contributed by atoms with E-state index in [4.69, 9.17) is 9.72 Å². The topological polar surface area (TPSA) is 67.3 Å². The van der Waals surface area contributed by atoms with Gasteiger partial charge in [0.2, 0.25) is 5.91 Å². The number of anilines is 1. The van der Waals surface area contributed by atoms with Crippen molar-refractivity contribution in [1.29, 1.82) is 0 Å². The quantitative estimate of drug-likeness (QED) is 0.633. The second-order valence-electron chi connectivity index (χ2n) is 7.92. The summed E-state index contributed by atoms with van der Waals surface area (Å²) in [5, 5.41) is 2.87. The number of hydrogen-bond donors (Lipinski definition) is 1. The molecule has 0 radical (unpaired) electrons. The summed E-state index contributed by atoms with van der Waals surface area (Å²) in [7, 11) is 1.68. The second kappa shape index (κ2) is 10.2. The smallest absolute Gasteiger partial charge is 0.239 e. The van der Waals surface area contributed by atoms with Crippen LogP contribution in [0.1, 0.15) is 35.7 Å². The van der Waals surface area contributed by atoms with Crippen LogP contribution in [0.2, 0.25) is 0 Å². The van der Waals surface area contributed by atoms with E-state index in [0.29, 0.717) is 18.3 Å². The fourth-order valence-electron chi connectivity index (χ4n) is 4.08.